The summed E-state index contributed by atoms with van der Waals surface area (Å²) in [5, 5.41) is 0. The number of hydrogen-bond acceptors (Lipinski definition) is 4. The normalized spacial score (nSPS) is 22.2. The Morgan fingerprint density at radius 1 is 1.04 bits per heavy atom. The maximum absolute atomic E-state index is 12.6. The van der Waals surface area contributed by atoms with E-state index in [2.05, 4.69) is 9.80 Å². The SMILES string of the molecule is COc1ccc(CN2C(=O)CCC23CCN(CC(=O)N2CCCC2)CC3)cc1. The van der Waals surface area contributed by atoms with Crippen LogP contribution in [0.4, 0.5) is 0 Å². The van der Waals surface area contributed by atoms with Crippen LogP contribution in [0, 0.1) is 0 Å². The second-order valence-corrected chi connectivity index (χ2v) is 8.42. The number of carbonyl (C=O) groups excluding carboxylic acids is 2. The molecule has 3 aliphatic heterocycles. The van der Waals surface area contributed by atoms with Crippen molar-refractivity contribution in [3.8, 4) is 5.75 Å². The Bertz CT molecular complexity index is 704. The monoisotopic (exact) mass is 385 g/mol. The molecule has 1 spiro atoms. The lowest BCUT2D eigenvalue weighted by molar-refractivity contribution is -0.135. The Hall–Kier alpha value is -2.08. The van der Waals surface area contributed by atoms with Crippen molar-refractivity contribution in [3.05, 3.63) is 29.8 Å². The largest absolute Gasteiger partial charge is 0.497 e. The minimum absolute atomic E-state index is 0.0375. The Labute approximate surface area is 167 Å². The van der Waals surface area contributed by atoms with Crippen LogP contribution in [0.5, 0.6) is 5.75 Å². The van der Waals surface area contributed by atoms with Gasteiger partial charge in [-0.3, -0.25) is 14.5 Å². The van der Waals surface area contributed by atoms with E-state index in [1.807, 2.05) is 29.2 Å². The molecule has 3 aliphatic rings. The third-order valence-electron chi connectivity index (χ3n) is 6.78. The molecule has 0 saturated carbocycles. The highest BCUT2D eigenvalue weighted by Gasteiger charge is 2.46. The Morgan fingerprint density at radius 3 is 2.36 bits per heavy atom. The number of piperidine rings is 1. The number of methoxy groups -OCH3 is 1. The van der Waals surface area contributed by atoms with Crippen LogP contribution < -0.4 is 4.74 Å². The van der Waals surface area contributed by atoms with Gasteiger partial charge >= 0.3 is 0 Å². The summed E-state index contributed by atoms with van der Waals surface area (Å²) in [6.45, 7) is 4.82. The minimum atomic E-state index is -0.0375. The number of benzene rings is 1. The van der Waals surface area contributed by atoms with Gasteiger partial charge in [0.1, 0.15) is 5.75 Å². The second-order valence-electron chi connectivity index (χ2n) is 8.42. The topological polar surface area (TPSA) is 53.1 Å². The van der Waals surface area contributed by atoms with Crippen LogP contribution in [-0.2, 0) is 16.1 Å². The molecular formula is C22H31N3O3. The highest BCUT2D eigenvalue weighted by atomic mass is 16.5. The maximum atomic E-state index is 12.6. The van der Waals surface area contributed by atoms with Crippen LogP contribution in [0.3, 0.4) is 0 Å². The van der Waals surface area contributed by atoms with Gasteiger partial charge in [-0.2, -0.15) is 0 Å². The smallest absolute Gasteiger partial charge is 0.236 e. The summed E-state index contributed by atoms with van der Waals surface area (Å²) < 4.78 is 5.23. The van der Waals surface area contributed by atoms with Gasteiger partial charge in [0, 0.05) is 44.7 Å². The first-order chi connectivity index (χ1) is 13.6. The average Bonchev–Trinajstić information content (AvgIpc) is 3.36. The molecule has 0 radical (unpaired) electrons. The van der Waals surface area contributed by atoms with Gasteiger partial charge in [-0.25, -0.2) is 0 Å². The van der Waals surface area contributed by atoms with E-state index in [1.165, 1.54) is 0 Å². The number of hydrogen-bond donors (Lipinski definition) is 0. The fourth-order valence-corrected chi connectivity index (χ4v) is 4.95. The summed E-state index contributed by atoms with van der Waals surface area (Å²) in [4.78, 5) is 31.5. The Balaban J connectivity index is 1.36. The Kier molecular flexibility index (Phi) is 5.58. The molecule has 3 saturated heterocycles. The molecule has 0 aromatic heterocycles. The first kappa shape index (κ1) is 19.2. The molecular weight excluding hydrogens is 354 g/mol. The predicted molar refractivity (Wildman–Crippen MR) is 107 cm³/mol. The molecule has 3 fully saturated rings. The van der Waals surface area contributed by atoms with Crippen LogP contribution in [-0.4, -0.2) is 71.9 Å². The molecule has 6 nitrogen and oxygen atoms in total. The molecule has 0 bridgehead atoms. The molecule has 0 unspecified atom stereocenters. The number of amides is 2. The average molecular weight is 386 g/mol. The summed E-state index contributed by atoms with van der Waals surface area (Å²) in [6, 6.07) is 7.99. The Morgan fingerprint density at radius 2 is 1.71 bits per heavy atom. The lowest BCUT2D eigenvalue weighted by Gasteiger charge is -2.45. The number of nitrogens with zero attached hydrogens (tertiary/aromatic N) is 3. The zero-order valence-corrected chi connectivity index (χ0v) is 16.9. The second kappa shape index (κ2) is 8.11. The van der Waals surface area contributed by atoms with E-state index < -0.39 is 0 Å². The highest BCUT2D eigenvalue weighted by molar-refractivity contribution is 5.80. The van der Waals surface area contributed by atoms with Gasteiger partial charge < -0.3 is 14.5 Å². The van der Waals surface area contributed by atoms with Crippen LogP contribution in [0.1, 0.15) is 44.1 Å². The van der Waals surface area contributed by atoms with E-state index >= 15 is 0 Å². The molecule has 4 rings (SSSR count). The van der Waals surface area contributed by atoms with Gasteiger partial charge in [0.15, 0.2) is 0 Å². The van der Waals surface area contributed by atoms with Crippen molar-refractivity contribution in [2.24, 2.45) is 0 Å². The zero-order chi connectivity index (χ0) is 19.6. The van der Waals surface area contributed by atoms with Crippen LogP contribution in [0.25, 0.3) is 0 Å². The van der Waals surface area contributed by atoms with Crippen molar-refractivity contribution >= 4 is 11.8 Å². The van der Waals surface area contributed by atoms with E-state index in [9.17, 15) is 9.59 Å². The van der Waals surface area contributed by atoms with Crippen molar-refractivity contribution in [2.75, 3.05) is 39.8 Å². The number of carbonyl (C=O) groups is 2. The third-order valence-corrected chi connectivity index (χ3v) is 6.78. The van der Waals surface area contributed by atoms with Crippen molar-refractivity contribution in [1.29, 1.82) is 0 Å². The minimum Gasteiger partial charge on any atom is -0.497 e. The molecule has 0 aliphatic carbocycles. The summed E-state index contributed by atoms with van der Waals surface area (Å²) >= 11 is 0. The zero-order valence-electron chi connectivity index (χ0n) is 16.9. The summed E-state index contributed by atoms with van der Waals surface area (Å²) in [7, 11) is 1.66. The fourth-order valence-electron chi connectivity index (χ4n) is 4.95. The fraction of sp³-hybridized carbons (Fsp3) is 0.636. The summed E-state index contributed by atoms with van der Waals surface area (Å²) in [6.07, 6.45) is 5.78. The van der Waals surface area contributed by atoms with E-state index in [0.717, 1.165) is 69.6 Å². The number of rotatable bonds is 5. The first-order valence-electron chi connectivity index (χ1n) is 10.5. The molecule has 1 aromatic rings. The molecule has 2 amide bonds. The van der Waals surface area contributed by atoms with Gasteiger partial charge in [-0.05, 0) is 49.8 Å². The molecule has 0 atom stereocenters. The quantitative estimate of drug-likeness (QED) is 0.780. The van der Waals surface area contributed by atoms with Gasteiger partial charge in [-0.15, -0.1) is 0 Å². The molecule has 6 heteroatoms. The van der Waals surface area contributed by atoms with Gasteiger partial charge in [0.2, 0.25) is 11.8 Å². The maximum Gasteiger partial charge on any atom is 0.236 e. The van der Waals surface area contributed by atoms with Crippen molar-refractivity contribution in [3.63, 3.8) is 0 Å². The third kappa shape index (κ3) is 3.88. The summed E-state index contributed by atoms with van der Waals surface area (Å²) in [5.41, 5.74) is 1.10. The molecule has 152 valence electrons. The standard InChI is InChI=1S/C22H31N3O3/c1-28-19-6-4-18(5-7-19)16-25-20(26)8-9-22(25)10-14-23(15-11-22)17-21(27)24-12-2-3-13-24/h4-7H,2-3,8-17H2,1H3. The molecule has 3 heterocycles. The van der Waals surface area contributed by atoms with Crippen molar-refractivity contribution in [2.45, 2.75) is 50.6 Å². The van der Waals surface area contributed by atoms with E-state index in [-0.39, 0.29) is 17.4 Å². The van der Waals surface area contributed by atoms with Crippen LogP contribution in [0.15, 0.2) is 24.3 Å². The number of likely N-dealkylation sites (tertiary alicyclic amines) is 3. The lowest BCUT2D eigenvalue weighted by Crippen LogP contribution is -2.54. The molecule has 0 N–H and O–H groups in total. The van der Waals surface area contributed by atoms with Gasteiger partial charge in [0.25, 0.3) is 0 Å². The lowest BCUT2D eigenvalue weighted by atomic mass is 9.84. The van der Waals surface area contributed by atoms with E-state index in [4.69, 9.17) is 4.74 Å². The first-order valence-corrected chi connectivity index (χ1v) is 10.5. The van der Waals surface area contributed by atoms with Gasteiger partial charge in [-0.1, -0.05) is 12.1 Å². The number of ether oxygens (including phenoxy) is 1. The molecule has 28 heavy (non-hydrogen) atoms. The van der Waals surface area contributed by atoms with Crippen molar-refractivity contribution < 1.29 is 14.3 Å². The predicted octanol–water partition coefficient (Wildman–Crippen LogP) is 2.27. The van der Waals surface area contributed by atoms with Gasteiger partial charge in [0.05, 0.1) is 13.7 Å². The van der Waals surface area contributed by atoms with Crippen LogP contribution in [0.2, 0.25) is 0 Å². The van der Waals surface area contributed by atoms with E-state index in [1.54, 1.807) is 7.11 Å². The highest BCUT2D eigenvalue weighted by Crippen LogP contribution is 2.40. The van der Waals surface area contributed by atoms with Crippen LogP contribution >= 0.6 is 0 Å². The van der Waals surface area contributed by atoms with E-state index in [0.29, 0.717) is 19.5 Å². The summed E-state index contributed by atoms with van der Waals surface area (Å²) in [5.74, 6) is 1.37. The molecule has 1 aromatic carbocycles. The van der Waals surface area contributed by atoms with Crippen molar-refractivity contribution in [1.82, 2.24) is 14.7 Å².